The predicted molar refractivity (Wildman–Crippen MR) is 283 cm³/mol. The molecule has 2 heterocycles. The molecule has 1 aliphatic heterocycles. The number of aliphatic hydroxyl groups is 1. The van der Waals surface area contributed by atoms with Crippen LogP contribution in [0.5, 0.6) is 5.75 Å². The fraction of sp³-hybridized carbons (Fsp3) is 0.519. The monoisotopic (exact) mass is 1060 g/mol. The van der Waals surface area contributed by atoms with Gasteiger partial charge in [-0.1, -0.05) is 70.2 Å². The molecule has 414 valence electrons. The molecular formula is C54H75N9O13. The van der Waals surface area contributed by atoms with Crippen molar-refractivity contribution in [2.24, 2.45) is 17.8 Å². The maximum Gasteiger partial charge on any atom is 0.310 e. The first-order valence-electron chi connectivity index (χ1n) is 25.3. The Hall–Kier alpha value is -7.62. The van der Waals surface area contributed by atoms with Crippen LogP contribution in [0, 0.1) is 27.9 Å². The van der Waals surface area contributed by atoms with E-state index in [1.807, 2.05) is 48.9 Å². The molecule has 0 spiro atoms. The number of nitro groups is 1. The van der Waals surface area contributed by atoms with Gasteiger partial charge in [0.15, 0.2) is 5.75 Å². The van der Waals surface area contributed by atoms with Crippen molar-refractivity contribution in [3.8, 4) is 5.75 Å². The Morgan fingerprint density at radius 2 is 1.33 bits per heavy atom. The number of benzene rings is 2. The van der Waals surface area contributed by atoms with Crippen molar-refractivity contribution in [3.63, 3.8) is 0 Å². The van der Waals surface area contributed by atoms with Gasteiger partial charge in [-0.15, -0.1) is 6.58 Å². The second-order valence-electron chi connectivity index (χ2n) is 20.8. The third-order valence-electron chi connectivity index (χ3n) is 13.6. The Balaban J connectivity index is 1.99. The topological polar surface area (TPSA) is 312 Å². The van der Waals surface area contributed by atoms with Gasteiger partial charge in [-0.25, -0.2) is 0 Å². The number of nitrogens with zero attached hydrogens (tertiary/aromatic N) is 4. The van der Waals surface area contributed by atoms with E-state index in [1.54, 1.807) is 52.8 Å². The predicted octanol–water partition coefficient (Wildman–Crippen LogP) is 3.21. The van der Waals surface area contributed by atoms with E-state index < -0.39 is 137 Å². The summed E-state index contributed by atoms with van der Waals surface area (Å²) in [4.78, 5) is 128. The van der Waals surface area contributed by atoms with Crippen LogP contribution in [0.4, 0.5) is 5.69 Å². The van der Waals surface area contributed by atoms with Gasteiger partial charge in [-0.3, -0.25) is 48.5 Å². The third kappa shape index (κ3) is 15.5. The summed E-state index contributed by atoms with van der Waals surface area (Å²) in [5.41, 5.74) is 0.220. The highest BCUT2D eigenvalue weighted by molar-refractivity contribution is 5.99. The molecule has 0 saturated carbocycles. The second-order valence-corrected chi connectivity index (χ2v) is 20.8. The largest absolute Gasteiger partial charge is 0.502 e. The van der Waals surface area contributed by atoms with Crippen molar-refractivity contribution >= 4 is 63.9 Å². The number of nitrogens with one attached hydrogen (secondary N) is 5. The summed E-state index contributed by atoms with van der Waals surface area (Å²) in [7, 11) is 2.55. The zero-order valence-corrected chi connectivity index (χ0v) is 45.0. The van der Waals surface area contributed by atoms with Gasteiger partial charge in [0.2, 0.25) is 41.4 Å². The standard InChI is InChI=1S/C54H75N9O13/c1-12-14-18-37-46(66)59-40(26-34-28-62(54(8,9)13-2)41-19-16-15-17-36(34)41)52(72)61(11)43(23-31(5)6)49(69)58-39(24-33-20-21-45(65)42(25-33)63(75)76)47(67)55-32(7)51(71)60(10)44(27-35(29-64)53(73)74)50(70)57-38(22-30(3)4)48(68)56-37/h12-17,19-21,25,28,30-32,35,37-40,43-44,64-65H,2,18,22-24,26-27,29H2,1,3-11H3,(H,55,67)(H,56,68)(H,57,70)(H,58,69)(H,59,66)(H,73,74)/t32-,35-,37-,38-,39-,40-,43-,44-/m0/s1. The van der Waals surface area contributed by atoms with E-state index in [0.29, 0.717) is 5.56 Å². The number of rotatable bonds is 17. The van der Waals surface area contributed by atoms with Gasteiger partial charge in [0.25, 0.3) is 0 Å². The molecule has 0 aliphatic carbocycles. The SMILES string of the molecule is C=CC(C)(C)n1cc(C[C@@H]2NC(=O)[C@H](CC=CC)NC(=O)[C@H](CC(C)C)NC(=O)[C@H](C[C@@H](CO)C(=O)O)N(C)C(=O)[C@H](C)NC(=O)[C@H](Cc3ccc(O)c([N+](=O)[O-])c3)NC(=O)[C@H](CC(C)C)N(C)C2=O)c2ccccc21. The summed E-state index contributed by atoms with van der Waals surface area (Å²) in [5, 5.41) is 56.4. The molecule has 1 fully saturated rings. The summed E-state index contributed by atoms with van der Waals surface area (Å²) in [6, 6.07) is 0.525. The minimum absolute atomic E-state index is 0.00436. The van der Waals surface area contributed by atoms with E-state index in [4.69, 9.17) is 0 Å². The Kier molecular flexibility index (Phi) is 21.4. The molecule has 0 radical (unpaired) electrons. The van der Waals surface area contributed by atoms with Crippen LogP contribution < -0.4 is 26.6 Å². The van der Waals surface area contributed by atoms with Crippen LogP contribution in [0.25, 0.3) is 10.9 Å². The quantitative estimate of drug-likeness (QED) is 0.0548. The third-order valence-corrected chi connectivity index (χ3v) is 13.6. The summed E-state index contributed by atoms with van der Waals surface area (Å²) in [6.07, 6.45) is 5.61. The van der Waals surface area contributed by atoms with Crippen molar-refractivity contribution in [3.05, 3.63) is 94.7 Å². The summed E-state index contributed by atoms with van der Waals surface area (Å²) >= 11 is 0. The first-order valence-corrected chi connectivity index (χ1v) is 25.3. The van der Waals surface area contributed by atoms with E-state index in [1.165, 1.54) is 32.0 Å². The molecule has 0 bridgehead atoms. The minimum Gasteiger partial charge on any atom is -0.502 e. The molecule has 22 nitrogen and oxygen atoms in total. The molecule has 8 atom stereocenters. The number of carboxylic acid groups (broad SMARTS) is 1. The van der Waals surface area contributed by atoms with Crippen molar-refractivity contribution in [2.75, 3.05) is 20.7 Å². The van der Waals surface area contributed by atoms with Crippen LogP contribution in [0.15, 0.2) is 73.5 Å². The number of aromatic hydroxyl groups is 1. The van der Waals surface area contributed by atoms with Gasteiger partial charge in [-0.2, -0.15) is 0 Å². The van der Waals surface area contributed by atoms with E-state index in [-0.39, 0.29) is 43.1 Å². The van der Waals surface area contributed by atoms with Gasteiger partial charge in [-0.05, 0) is 88.5 Å². The fourth-order valence-electron chi connectivity index (χ4n) is 9.07. The fourth-order valence-corrected chi connectivity index (χ4v) is 9.07. The van der Waals surface area contributed by atoms with Crippen LogP contribution in [-0.4, -0.2) is 145 Å². The molecule has 2 aromatic carbocycles. The zero-order chi connectivity index (χ0) is 56.9. The lowest BCUT2D eigenvalue weighted by Gasteiger charge is -2.33. The average Bonchev–Trinajstić information content (AvgIpc) is 3.74. The van der Waals surface area contributed by atoms with Crippen LogP contribution in [0.1, 0.15) is 92.2 Å². The molecule has 8 N–H and O–H groups in total. The number of aromatic nitrogens is 1. The number of para-hydroxylation sites is 1. The molecule has 4 rings (SSSR count). The molecular weight excluding hydrogens is 983 g/mol. The van der Waals surface area contributed by atoms with Gasteiger partial charge < -0.3 is 56.3 Å². The highest BCUT2D eigenvalue weighted by atomic mass is 16.6. The number of fused-ring (bicyclic) bond motifs is 1. The second kappa shape index (κ2) is 26.7. The lowest BCUT2D eigenvalue weighted by molar-refractivity contribution is -0.385. The summed E-state index contributed by atoms with van der Waals surface area (Å²) in [6.45, 7) is 17.1. The highest BCUT2D eigenvalue weighted by Gasteiger charge is 2.40. The van der Waals surface area contributed by atoms with Gasteiger partial charge in [0.1, 0.15) is 42.3 Å². The molecule has 1 saturated heterocycles. The van der Waals surface area contributed by atoms with Crippen LogP contribution in [-0.2, 0) is 56.7 Å². The van der Waals surface area contributed by atoms with Crippen LogP contribution in [0.3, 0.4) is 0 Å². The van der Waals surface area contributed by atoms with Crippen molar-refractivity contribution in [1.82, 2.24) is 41.0 Å². The van der Waals surface area contributed by atoms with E-state index >= 15 is 4.79 Å². The number of phenols is 1. The normalized spacial score (nSPS) is 22.7. The molecule has 76 heavy (non-hydrogen) atoms. The Labute approximate surface area is 442 Å². The lowest BCUT2D eigenvalue weighted by atomic mass is 9.97. The number of likely N-dealkylation sites (N-methyl/N-ethyl adjacent to an activating group) is 2. The molecule has 1 aliphatic rings. The highest BCUT2D eigenvalue weighted by Crippen LogP contribution is 2.31. The number of hydrogen-bond acceptors (Lipinski definition) is 12. The molecule has 7 amide bonds. The van der Waals surface area contributed by atoms with Crippen molar-refractivity contribution in [1.29, 1.82) is 0 Å². The number of nitro benzene ring substituents is 1. The first kappa shape index (κ1) is 60.9. The summed E-state index contributed by atoms with van der Waals surface area (Å²) < 4.78 is 1.98. The Morgan fingerprint density at radius 3 is 1.91 bits per heavy atom. The average molecular weight is 1060 g/mol. The van der Waals surface area contributed by atoms with Gasteiger partial charge in [0, 0.05) is 50.1 Å². The lowest BCUT2D eigenvalue weighted by Crippen LogP contribution is -2.60. The number of amides is 7. The maximum atomic E-state index is 15.3. The number of carbonyl (C=O) groups excluding carboxylic acids is 7. The zero-order valence-electron chi connectivity index (χ0n) is 45.0. The van der Waals surface area contributed by atoms with Crippen molar-refractivity contribution < 1.29 is 58.6 Å². The van der Waals surface area contributed by atoms with Crippen LogP contribution in [0.2, 0.25) is 0 Å². The number of carboxylic acids is 1. The maximum absolute atomic E-state index is 15.3. The van der Waals surface area contributed by atoms with E-state index in [2.05, 4.69) is 33.2 Å². The van der Waals surface area contributed by atoms with E-state index in [0.717, 1.165) is 27.9 Å². The molecule has 0 unspecified atom stereocenters. The number of allylic oxidation sites excluding steroid dienone is 2. The van der Waals surface area contributed by atoms with Crippen LogP contribution >= 0.6 is 0 Å². The minimum atomic E-state index is -1.67. The number of phenolic OH excluding ortho intramolecular Hbond substituents is 1. The van der Waals surface area contributed by atoms with Gasteiger partial charge in [0.05, 0.1) is 23.0 Å². The Morgan fingerprint density at radius 1 is 0.776 bits per heavy atom. The molecule has 1 aromatic heterocycles. The number of aliphatic hydroxyl groups excluding tert-OH is 1. The number of carbonyl (C=O) groups is 8. The molecule has 22 heteroatoms. The first-order chi connectivity index (χ1) is 35.6. The molecule has 3 aromatic rings. The number of hydrogen-bond donors (Lipinski definition) is 8. The Bertz CT molecular complexity index is 2680. The number of aliphatic carboxylic acids is 1. The summed E-state index contributed by atoms with van der Waals surface area (Å²) in [5.74, 6) is -10.4. The van der Waals surface area contributed by atoms with Gasteiger partial charge >= 0.3 is 11.7 Å². The van der Waals surface area contributed by atoms with E-state index in [9.17, 15) is 59.0 Å². The smallest absolute Gasteiger partial charge is 0.310 e. The van der Waals surface area contributed by atoms with Crippen molar-refractivity contribution in [2.45, 2.75) is 142 Å².